The van der Waals surface area contributed by atoms with E-state index in [0.717, 1.165) is 0 Å². The van der Waals surface area contributed by atoms with E-state index in [2.05, 4.69) is 0 Å². The summed E-state index contributed by atoms with van der Waals surface area (Å²) in [6, 6.07) is 9.78. The summed E-state index contributed by atoms with van der Waals surface area (Å²) < 4.78 is 16.0. The van der Waals surface area contributed by atoms with Gasteiger partial charge in [-0.05, 0) is 44.2 Å². The van der Waals surface area contributed by atoms with Gasteiger partial charge in [-0.15, -0.1) is 0 Å². The lowest BCUT2D eigenvalue weighted by Crippen LogP contribution is -2.18. The Bertz CT molecular complexity index is 914. The van der Waals surface area contributed by atoms with E-state index in [1.807, 2.05) is 0 Å². The molecule has 0 saturated heterocycles. The zero-order valence-electron chi connectivity index (χ0n) is 14.6. The van der Waals surface area contributed by atoms with Crippen LogP contribution in [0.25, 0.3) is 6.08 Å². The number of ether oxygens (including phenoxy) is 3. The van der Waals surface area contributed by atoms with Gasteiger partial charge < -0.3 is 14.2 Å². The van der Waals surface area contributed by atoms with Crippen LogP contribution in [0.4, 0.5) is 0 Å². The molecule has 0 amide bonds. The zero-order chi connectivity index (χ0) is 19.6. The summed E-state index contributed by atoms with van der Waals surface area (Å²) in [6.07, 6.45) is 1.29. The SMILES string of the molecule is CC(C)OC(=O)COc1ccc2c(c1)O/C(=C/c1c(Cl)cccc1Cl)C2=O. The molecule has 0 saturated carbocycles. The van der Waals surface area contributed by atoms with Crippen LogP contribution in [0, 0.1) is 0 Å². The van der Waals surface area contributed by atoms with Crippen LogP contribution in [0.2, 0.25) is 10.0 Å². The molecular formula is C20H16Cl2O5. The van der Waals surface area contributed by atoms with E-state index in [0.29, 0.717) is 32.7 Å². The topological polar surface area (TPSA) is 61.8 Å². The van der Waals surface area contributed by atoms with Gasteiger partial charge in [0.1, 0.15) is 11.5 Å². The number of halogens is 2. The largest absolute Gasteiger partial charge is 0.482 e. The standard InChI is InChI=1S/C20H16Cl2O5/c1-11(2)26-19(23)10-25-12-6-7-13-17(8-12)27-18(20(13)24)9-14-15(21)4-3-5-16(14)22/h3-9,11H,10H2,1-2H3/b18-9+. The van der Waals surface area contributed by atoms with Crippen molar-refractivity contribution in [3.8, 4) is 11.5 Å². The molecule has 7 heteroatoms. The summed E-state index contributed by atoms with van der Waals surface area (Å²) in [5, 5.41) is 0.824. The highest BCUT2D eigenvalue weighted by molar-refractivity contribution is 6.37. The van der Waals surface area contributed by atoms with E-state index < -0.39 is 5.97 Å². The van der Waals surface area contributed by atoms with E-state index in [4.69, 9.17) is 37.4 Å². The minimum absolute atomic E-state index is 0.108. The highest BCUT2D eigenvalue weighted by Crippen LogP contribution is 2.36. The summed E-state index contributed by atoms with van der Waals surface area (Å²) >= 11 is 12.3. The summed E-state index contributed by atoms with van der Waals surface area (Å²) in [6.45, 7) is 3.28. The number of benzene rings is 2. The molecule has 1 aliphatic heterocycles. The van der Waals surface area contributed by atoms with Crippen molar-refractivity contribution in [2.24, 2.45) is 0 Å². The Morgan fingerprint density at radius 1 is 1.19 bits per heavy atom. The minimum atomic E-state index is -0.476. The third-order valence-corrected chi connectivity index (χ3v) is 4.30. The first-order chi connectivity index (χ1) is 12.8. The number of allylic oxidation sites excluding steroid dienone is 1. The fourth-order valence-corrected chi connectivity index (χ4v) is 2.98. The van der Waals surface area contributed by atoms with E-state index in [9.17, 15) is 9.59 Å². The number of hydrogen-bond donors (Lipinski definition) is 0. The monoisotopic (exact) mass is 406 g/mol. The number of rotatable bonds is 5. The smallest absolute Gasteiger partial charge is 0.344 e. The van der Waals surface area contributed by atoms with Gasteiger partial charge in [-0.25, -0.2) is 4.79 Å². The number of esters is 1. The number of fused-ring (bicyclic) bond motifs is 1. The molecule has 0 aliphatic carbocycles. The molecular weight excluding hydrogens is 391 g/mol. The third kappa shape index (κ3) is 4.43. The van der Waals surface area contributed by atoms with Gasteiger partial charge in [0.2, 0.25) is 5.78 Å². The van der Waals surface area contributed by atoms with Crippen LogP contribution in [0.3, 0.4) is 0 Å². The zero-order valence-corrected chi connectivity index (χ0v) is 16.1. The Labute approximate surface area is 166 Å². The fraction of sp³-hybridized carbons (Fsp3) is 0.200. The molecule has 5 nitrogen and oxygen atoms in total. The molecule has 3 rings (SSSR count). The summed E-state index contributed by atoms with van der Waals surface area (Å²) in [5.41, 5.74) is 0.895. The van der Waals surface area contributed by atoms with E-state index >= 15 is 0 Å². The van der Waals surface area contributed by atoms with Crippen molar-refractivity contribution in [1.82, 2.24) is 0 Å². The van der Waals surface area contributed by atoms with Gasteiger partial charge in [0.25, 0.3) is 0 Å². The van der Waals surface area contributed by atoms with Gasteiger partial charge in [0.15, 0.2) is 12.4 Å². The van der Waals surface area contributed by atoms with E-state index in [1.165, 1.54) is 6.08 Å². The highest BCUT2D eigenvalue weighted by Gasteiger charge is 2.28. The molecule has 0 aromatic heterocycles. The second-order valence-electron chi connectivity index (χ2n) is 6.06. The Balaban J connectivity index is 1.77. The predicted molar refractivity (Wildman–Crippen MR) is 103 cm³/mol. The van der Waals surface area contributed by atoms with Crippen molar-refractivity contribution >= 4 is 41.0 Å². The molecule has 0 radical (unpaired) electrons. The molecule has 0 atom stereocenters. The number of ketones is 1. The van der Waals surface area contributed by atoms with Crippen LogP contribution in [-0.4, -0.2) is 24.5 Å². The average Bonchev–Trinajstić information content (AvgIpc) is 2.91. The van der Waals surface area contributed by atoms with Gasteiger partial charge in [-0.1, -0.05) is 29.3 Å². The maximum atomic E-state index is 12.5. The van der Waals surface area contributed by atoms with E-state index in [1.54, 1.807) is 50.2 Å². The molecule has 0 fully saturated rings. The van der Waals surface area contributed by atoms with Crippen LogP contribution in [0.5, 0.6) is 11.5 Å². The Kier molecular flexibility index (Phi) is 5.73. The first-order valence-electron chi connectivity index (χ1n) is 8.19. The van der Waals surface area contributed by atoms with E-state index in [-0.39, 0.29) is 24.3 Å². The van der Waals surface area contributed by atoms with Crippen LogP contribution in [0.15, 0.2) is 42.2 Å². The van der Waals surface area contributed by atoms with Crippen molar-refractivity contribution in [2.45, 2.75) is 20.0 Å². The van der Waals surface area contributed by atoms with Gasteiger partial charge in [0, 0.05) is 21.7 Å². The second-order valence-corrected chi connectivity index (χ2v) is 6.87. The van der Waals surface area contributed by atoms with Crippen LogP contribution < -0.4 is 9.47 Å². The average molecular weight is 407 g/mol. The first kappa shape index (κ1) is 19.3. The van der Waals surface area contributed by atoms with Gasteiger partial charge >= 0.3 is 5.97 Å². The maximum absolute atomic E-state index is 12.5. The maximum Gasteiger partial charge on any atom is 0.344 e. The second kappa shape index (κ2) is 8.03. The van der Waals surface area contributed by atoms with Crippen LogP contribution in [0.1, 0.15) is 29.8 Å². The molecule has 0 N–H and O–H groups in total. The van der Waals surface area contributed by atoms with Gasteiger partial charge in [-0.2, -0.15) is 0 Å². The van der Waals surface area contributed by atoms with Crippen LogP contribution >= 0.6 is 23.2 Å². The predicted octanol–water partition coefficient (Wildman–Crippen LogP) is 4.94. The van der Waals surface area contributed by atoms with Crippen molar-refractivity contribution in [2.75, 3.05) is 6.61 Å². The first-order valence-corrected chi connectivity index (χ1v) is 8.95. The lowest BCUT2D eigenvalue weighted by atomic mass is 10.1. The Hall–Kier alpha value is -2.50. The normalized spacial score (nSPS) is 14.3. The third-order valence-electron chi connectivity index (χ3n) is 3.64. The highest BCUT2D eigenvalue weighted by atomic mass is 35.5. The van der Waals surface area contributed by atoms with Crippen molar-refractivity contribution in [3.05, 3.63) is 63.3 Å². The fourth-order valence-electron chi connectivity index (χ4n) is 2.48. The molecule has 1 heterocycles. The van der Waals surface area contributed by atoms with Crippen molar-refractivity contribution in [3.63, 3.8) is 0 Å². The molecule has 1 aliphatic rings. The van der Waals surface area contributed by atoms with Crippen molar-refractivity contribution in [1.29, 1.82) is 0 Å². The quantitative estimate of drug-likeness (QED) is 0.519. The van der Waals surface area contributed by atoms with Gasteiger partial charge in [-0.3, -0.25) is 4.79 Å². The minimum Gasteiger partial charge on any atom is -0.482 e. The number of Topliss-reactive ketones (excluding diaryl/α,β-unsaturated/α-hetero) is 1. The molecule has 140 valence electrons. The lowest BCUT2D eigenvalue weighted by Gasteiger charge is -2.09. The van der Waals surface area contributed by atoms with Gasteiger partial charge in [0.05, 0.1) is 11.7 Å². The molecule has 0 unspecified atom stereocenters. The molecule has 2 aromatic carbocycles. The van der Waals surface area contributed by atoms with Crippen molar-refractivity contribution < 1.29 is 23.8 Å². The van der Waals surface area contributed by atoms with Crippen LogP contribution in [-0.2, 0) is 9.53 Å². The summed E-state index contributed by atoms with van der Waals surface area (Å²) in [5.74, 6) is 0.0722. The number of hydrogen-bond acceptors (Lipinski definition) is 5. The summed E-state index contributed by atoms with van der Waals surface area (Å²) in [7, 11) is 0. The summed E-state index contributed by atoms with van der Waals surface area (Å²) in [4.78, 5) is 24.1. The lowest BCUT2D eigenvalue weighted by molar-refractivity contribution is -0.149. The number of carbonyl (C=O) groups excluding carboxylic acids is 2. The molecule has 0 bridgehead atoms. The Morgan fingerprint density at radius 3 is 2.56 bits per heavy atom. The number of carbonyl (C=O) groups is 2. The molecule has 2 aromatic rings. The Morgan fingerprint density at radius 2 is 1.89 bits per heavy atom. The molecule has 0 spiro atoms. The molecule has 27 heavy (non-hydrogen) atoms.